The van der Waals surface area contributed by atoms with Crippen LogP contribution in [0.3, 0.4) is 0 Å². The van der Waals surface area contributed by atoms with Gasteiger partial charge in [0.25, 0.3) is 0 Å². The third-order valence-corrected chi connectivity index (χ3v) is 2.81. The Kier molecular flexibility index (Phi) is 2.16. The van der Waals surface area contributed by atoms with E-state index in [4.69, 9.17) is 10.8 Å². The van der Waals surface area contributed by atoms with Crippen LogP contribution in [0.25, 0.3) is 0 Å². The molecule has 1 aliphatic heterocycles. The maximum atomic E-state index is 10.9. The average Bonchev–Trinajstić information content (AvgIpc) is 2.91. The number of hydrogen-bond donors (Lipinski definition) is 2. The standard InChI is InChI=1S/C12H10N4O2/c13-9-10(12(17)18)15-16-6-8(14-11(9)16)7-4-2-1-3-5-7/h1-5H,6,13H2,(H,17,18). The summed E-state index contributed by atoms with van der Waals surface area (Å²) in [5.74, 6) is -0.711. The predicted octanol–water partition coefficient (Wildman–Crippen LogP) is 1.30. The zero-order chi connectivity index (χ0) is 12.7. The fourth-order valence-corrected chi connectivity index (χ4v) is 1.94. The fourth-order valence-electron chi connectivity index (χ4n) is 1.94. The molecule has 3 N–H and O–H groups in total. The van der Waals surface area contributed by atoms with E-state index in [0.717, 1.165) is 11.3 Å². The van der Waals surface area contributed by atoms with Gasteiger partial charge < -0.3 is 10.8 Å². The molecule has 0 unspecified atom stereocenters. The zero-order valence-electron chi connectivity index (χ0n) is 9.37. The van der Waals surface area contributed by atoms with Crippen LogP contribution in [0.4, 0.5) is 11.5 Å². The van der Waals surface area contributed by atoms with Crippen LogP contribution in [0.1, 0.15) is 16.1 Å². The molecule has 6 heteroatoms. The van der Waals surface area contributed by atoms with Gasteiger partial charge in [-0.1, -0.05) is 30.3 Å². The maximum Gasteiger partial charge on any atom is 0.358 e. The van der Waals surface area contributed by atoms with Crippen LogP contribution in [0.15, 0.2) is 35.3 Å². The Morgan fingerprint density at radius 1 is 1.33 bits per heavy atom. The minimum absolute atomic E-state index is 0.119. The van der Waals surface area contributed by atoms with Gasteiger partial charge in [0.05, 0.1) is 12.3 Å². The first-order valence-corrected chi connectivity index (χ1v) is 5.39. The summed E-state index contributed by atoms with van der Waals surface area (Å²) in [5, 5.41) is 12.8. The average molecular weight is 242 g/mol. The van der Waals surface area contributed by atoms with Gasteiger partial charge in [0.1, 0.15) is 5.69 Å². The highest BCUT2D eigenvalue weighted by molar-refractivity contribution is 6.05. The first kappa shape index (κ1) is 10.5. The number of aromatic carboxylic acids is 1. The summed E-state index contributed by atoms with van der Waals surface area (Å²) < 4.78 is 1.51. The van der Waals surface area contributed by atoms with Crippen molar-refractivity contribution < 1.29 is 9.90 Å². The van der Waals surface area contributed by atoms with E-state index in [2.05, 4.69) is 10.1 Å². The summed E-state index contributed by atoms with van der Waals surface area (Å²) in [6.45, 7) is 0.441. The molecular formula is C12H10N4O2. The number of anilines is 1. The molecule has 90 valence electrons. The molecule has 18 heavy (non-hydrogen) atoms. The van der Waals surface area contributed by atoms with E-state index in [1.165, 1.54) is 4.68 Å². The maximum absolute atomic E-state index is 10.9. The van der Waals surface area contributed by atoms with Crippen LogP contribution in [0, 0.1) is 0 Å². The molecule has 1 aliphatic rings. The molecule has 0 spiro atoms. The third-order valence-electron chi connectivity index (χ3n) is 2.81. The number of fused-ring (bicyclic) bond motifs is 1. The summed E-state index contributed by atoms with van der Waals surface area (Å²) in [6, 6.07) is 9.66. The number of aliphatic imine (C=N–C) groups is 1. The number of nitrogens with zero attached hydrogens (tertiary/aromatic N) is 3. The van der Waals surface area contributed by atoms with E-state index < -0.39 is 5.97 Å². The topological polar surface area (TPSA) is 93.5 Å². The number of carboxylic acids is 1. The van der Waals surface area contributed by atoms with Crippen LogP contribution in [-0.2, 0) is 6.54 Å². The number of nitrogens with two attached hydrogens (primary N) is 1. The number of hydrogen-bond acceptors (Lipinski definition) is 4. The van der Waals surface area contributed by atoms with Gasteiger partial charge in [0.15, 0.2) is 11.5 Å². The molecule has 0 amide bonds. The fraction of sp³-hybridized carbons (Fsp3) is 0.0833. The van der Waals surface area contributed by atoms with E-state index >= 15 is 0 Å². The largest absolute Gasteiger partial charge is 0.476 e. The van der Waals surface area contributed by atoms with E-state index in [-0.39, 0.29) is 11.4 Å². The highest BCUT2D eigenvalue weighted by Crippen LogP contribution is 2.31. The lowest BCUT2D eigenvalue weighted by molar-refractivity contribution is 0.0690. The monoisotopic (exact) mass is 242 g/mol. The minimum atomic E-state index is -1.13. The SMILES string of the molecule is Nc1c(C(=O)O)nn2c1N=C(c1ccccc1)C2. The van der Waals surface area contributed by atoms with Crippen LogP contribution in [0.5, 0.6) is 0 Å². The van der Waals surface area contributed by atoms with Gasteiger partial charge in [-0.25, -0.2) is 14.5 Å². The first-order chi connectivity index (χ1) is 8.66. The van der Waals surface area contributed by atoms with Crippen molar-refractivity contribution in [3.8, 4) is 0 Å². The predicted molar refractivity (Wildman–Crippen MR) is 66.2 cm³/mol. The van der Waals surface area contributed by atoms with E-state index in [9.17, 15) is 4.79 Å². The zero-order valence-corrected chi connectivity index (χ0v) is 9.37. The lowest BCUT2D eigenvalue weighted by Crippen LogP contribution is -2.09. The van der Waals surface area contributed by atoms with Gasteiger partial charge in [-0.2, -0.15) is 5.10 Å². The van der Waals surface area contributed by atoms with Crippen LogP contribution in [-0.4, -0.2) is 26.6 Å². The second kappa shape index (κ2) is 3.69. The van der Waals surface area contributed by atoms with Crippen molar-refractivity contribution in [2.75, 3.05) is 5.73 Å². The normalized spacial score (nSPS) is 13.2. The number of benzene rings is 1. The quantitative estimate of drug-likeness (QED) is 0.829. The number of carboxylic acid groups (broad SMARTS) is 1. The van der Waals surface area contributed by atoms with E-state index in [1.807, 2.05) is 30.3 Å². The van der Waals surface area contributed by atoms with Gasteiger partial charge in [0.2, 0.25) is 0 Å². The summed E-state index contributed by atoms with van der Waals surface area (Å²) in [7, 11) is 0. The van der Waals surface area contributed by atoms with Crippen molar-refractivity contribution in [3.63, 3.8) is 0 Å². The molecule has 1 aromatic carbocycles. The lowest BCUT2D eigenvalue weighted by atomic mass is 10.1. The highest BCUT2D eigenvalue weighted by Gasteiger charge is 2.25. The molecule has 0 aliphatic carbocycles. The molecule has 2 aromatic rings. The van der Waals surface area contributed by atoms with Crippen molar-refractivity contribution in [1.29, 1.82) is 0 Å². The summed E-state index contributed by atoms with van der Waals surface area (Å²) >= 11 is 0. The third kappa shape index (κ3) is 1.46. The van der Waals surface area contributed by atoms with Crippen molar-refractivity contribution >= 4 is 23.2 Å². The Hall–Kier alpha value is -2.63. The second-order valence-electron chi connectivity index (χ2n) is 3.97. The minimum Gasteiger partial charge on any atom is -0.476 e. The highest BCUT2D eigenvalue weighted by atomic mass is 16.4. The van der Waals surface area contributed by atoms with E-state index in [0.29, 0.717) is 12.4 Å². The van der Waals surface area contributed by atoms with Gasteiger partial charge in [-0.3, -0.25) is 0 Å². The van der Waals surface area contributed by atoms with Crippen molar-refractivity contribution in [2.24, 2.45) is 4.99 Å². The van der Waals surface area contributed by atoms with Crippen molar-refractivity contribution in [2.45, 2.75) is 6.54 Å². The lowest BCUT2D eigenvalue weighted by Gasteiger charge is -1.99. The van der Waals surface area contributed by atoms with Crippen LogP contribution in [0.2, 0.25) is 0 Å². The van der Waals surface area contributed by atoms with Gasteiger partial charge in [-0.15, -0.1) is 0 Å². The van der Waals surface area contributed by atoms with Crippen LogP contribution >= 0.6 is 0 Å². The molecule has 0 fully saturated rings. The smallest absolute Gasteiger partial charge is 0.358 e. The summed E-state index contributed by atoms with van der Waals surface area (Å²) in [6.07, 6.45) is 0. The Bertz CT molecular complexity index is 658. The molecule has 1 aromatic heterocycles. The van der Waals surface area contributed by atoms with E-state index in [1.54, 1.807) is 0 Å². The first-order valence-electron chi connectivity index (χ1n) is 5.39. The molecule has 2 heterocycles. The Labute approximate surface area is 102 Å². The molecule has 3 rings (SSSR count). The number of nitrogen functional groups attached to an aromatic ring is 1. The Balaban J connectivity index is 2.03. The molecular weight excluding hydrogens is 232 g/mol. The number of rotatable bonds is 2. The van der Waals surface area contributed by atoms with Gasteiger partial charge in [-0.05, 0) is 5.56 Å². The number of aromatic nitrogens is 2. The summed E-state index contributed by atoms with van der Waals surface area (Å²) in [5.41, 5.74) is 7.53. The summed E-state index contributed by atoms with van der Waals surface area (Å²) in [4.78, 5) is 15.2. The molecule has 0 saturated carbocycles. The molecule has 0 atom stereocenters. The molecule has 6 nitrogen and oxygen atoms in total. The van der Waals surface area contributed by atoms with Gasteiger partial charge in [0, 0.05) is 0 Å². The van der Waals surface area contributed by atoms with Gasteiger partial charge >= 0.3 is 5.97 Å². The van der Waals surface area contributed by atoms with Crippen LogP contribution < -0.4 is 5.73 Å². The number of carbonyl (C=O) groups is 1. The Morgan fingerprint density at radius 2 is 2.06 bits per heavy atom. The molecule has 0 bridgehead atoms. The Morgan fingerprint density at radius 3 is 2.67 bits per heavy atom. The second-order valence-corrected chi connectivity index (χ2v) is 3.97. The van der Waals surface area contributed by atoms with Crippen molar-refractivity contribution in [1.82, 2.24) is 9.78 Å². The van der Waals surface area contributed by atoms with Crippen molar-refractivity contribution in [3.05, 3.63) is 41.6 Å². The molecule has 0 saturated heterocycles. The molecule has 0 radical (unpaired) electrons.